The maximum absolute atomic E-state index is 12.5. The van der Waals surface area contributed by atoms with E-state index in [-0.39, 0.29) is 15.5 Å². The molecule has 0 aliphatic heterocycles. The van der Waals surface area contributed by atoms with E-state index in [2.05, 4.69) is 5.43 Å². The predicted molar refractivity (Wildman–Crippen MR) is 82.7 cm³/mol. The number of carbonyl (C=O) groups excluding carboxylic acids is 1. The number of hydrogen-bond donors (Lipinski definition) is 1. The molecule has 0 unspecified atom stereocenters. The van der Waals surface area contributed by atoms with Crippen molar-refractivity contribution < 1.29 is 13.2 Å². The third kappa shape index (κ3) is 4.16. The van der Waals surface area contributed by atoms with E-state index in [9.17, 15) is 13.2 Å². The van der Waals surface area contributed by atoms with Crippen molar-refractivity contribution in [3.8, 4) is 0 Å². The molecule has 118 valence electrons. The first-order valence-electron chi connectivity index (χ1n) is 6.52. The second-order valence-electron chi connectivity index (χ2n) is 4.57. The van der Waals surface area contributed by atoms with Gasteiger partial charge in [0.1, 0.15) is 4.90 Å². The SMILES string of the molecule is CCN(CC)S(=O)(=O)c1cc(C(=O)NN(C)C)ccc1Cl. The van der Waals surface area contributed by atoms with E-state index in [1.54, 1.807) is 27.9 Å². The summed E-state index contributed by atoms with van der Waals surface area (Å²) in [6.07, 6.45) is 0. The second kappa shape index (κ2) is 7.22. The van der Waals surface area contributed by atoms with Crippen molar-refractivity contribution in [1.29, 1.82) is 0 Å². The third-order valence-electron chi connectivity index (χ3n) is 2.84. The standard InChI is InChI=1S/C13H20ClN3O3S/c1-5-17(6-2)21(19,20)12-9-10(7-8-11(12)14)13(18)15-16(3)4/h7-9H,5-6H2,1-4H3,(H,15,18). The van der Waals surface area contributed by atoms with Crippen LogP contribution >= 0.6 is 11.6 Å². The van der Waals surface area contributed by atoms with E-state index in [1.165, 1.54) is 27.5 Å². The molecule has 0 aliphatic carbocycles. The highest BCUT2D eigenvalue weighted by molar-refractivity contribution is 7.89. The average Bonchev–Trinajstić information content (AvgIpc) is 2.39. The lowest BCUT2D eigenvalue weighted by Crippen LogP contribution is -2.36. The number of amides is 1. The van der Waals surface area contributed by atoms with Crippen molar-refractivity contribution in [2.24, 2.45) is 0 Å². The molecule has 6 nitrogen and oxygen atoms in total. The molecule has 1 aromatic carbocycles. The van der Waals surface area contributed by atoms with Crippen molar-refractivity contribution in [3.05, 3.63) is 28.8 Å². The van der Waals surface area contributed by atoms with Crippen LogP contribution in [0, 0.1) is 0 Å². The largest absolute Gasteiger partial charge is 0.285 e. The van der Waals surface area contributed by atoms with Crippen LogP contribution in [0.5, 0.6) is 0 Å². The fourth-order valence-corrected chi connectivity index (χ4v) is 3.77. The molecule has 0 saturated heterocycles. The molecule has 0 fully saturated rings. The summed E-state index contributed by atoms with van der Waals surface area (Å²) in [5.74, 6) is -0.396. The molecular weight excluding hydrogens is 314 g/mol. The summed E-state index contributed by atoms with van der Waals surface area (Å²) < 4.78 is 26.3. The van der Waals surface area contributed by atoms with E-state index < -0.39 is 15.9 Å². The minimum absolute atomic E-state index is 0.0562. The monoisotopic (exact) mass is 333 g/mol. The van der Waals surface area contributed by atoms with Crippen LogP contribution in [0.15, 0.2) is 23.1 Å². The first-order chi connectivity index (χ1) is 9.73. The first kappa shape index (κ1) is 17.9. The number of halogens is 1. The minimum Gasteiger partial charge on any atom is -0.285 e. The molecule has 0 aliphatic rings. The molecule has 0 radical (unpaired) electrons. The molecule has 21 heavy (non-hydrogen) atoms. The Bertz CT molecular complexity index is 613. The minimum atomic E-state index is -3.71. The average molecular weight is 334 g/mol. The fourth-order valence-electron chi connectivity index (χ4n) is 1.81. The van der Waals surface area contributed by atoms with Gasteiger partial charge in [0.2, 0.25) is 10.0 Å². The summed E-state index contributed by atoms with van der Waals surface area (Å²) in [5.41, 5.74) is 2.79. The molecule has 0 saturated carbocycles. The molecule has 1 rings (SSSR count). The van der Waals surface area contributed by atoms with E-state index >= 15 is 0 Å². The number of hydrazine groups is 1. The molecule has 0 spiro atoms. The molecule has 0 aromatic heterocycles. The number of rotatable bonds is 6. The Labute approximate surface area is 130 Å². The maximum atomic E-state index is 12.5. The van der Waals surface area contributed by atoms with Gasteiger partial charge in [0.25, 0.3) is 5.91 Å². The number of carbonyl (C=O) groups is 1. The highest BCUT2D eigenvalue weighted by Crippen LogP contribution is 2.25. The van der Waals surface area contributed by atoms with Gasteiger partial charge in [-0.2, -0.15) is 4.31 Å². The Morgan fingerprint density at radius 3 is 2.29 bits per heavy atom. The molecule has 0 atom stereocenters. The van der Waals surface area contributed by atoms with Gasteiger partial charge in [0.15, 0.2) is 0 Å². The van der Waals surface area contributed by atoms with Gasteiger partial charge in [0, 0.05) is 32.7 Å². The molecule has 1 aromatic rings. The Kier molecular flexibility index (Phi) is 6.15. The third-order valence-corrected chi connectivity index (χ3v) is 5.37. The van der Waals surface area contributed by atoms with Gasteiger partial charge >= 0.3 is 0 Å². The lowest BCUT2D eigenvalue weighted by atomic mass is 10.2. The van der Waals surface area contributed by atoms with Gasteiger partial charge < -0.3 is 0 Å². The summed E-state index contributed by atoms with van der Waals surface area (Å²) in [4.78, 5) is 11.9. The highest BCUT2D eigenvalue weighted by Gasteiger charge is 2.25. The van der Waals surface area contributed by atoms with Crippen LogP contribution in [-0.4, -0.2) is 50.8 Å². The Balaban J connectivity index is 3.28. The number of nitrogens with one attached hydrogen (secondary N) is 1. The lowest BCUT2D eigenvalue weighted by Gasteiger charge is -2.20. The van der Waals surface area contributed by atoms with Crippen LogP contribution in [0.2, 0.25) is 5.02 Å². The molecule has 8 heteroatoms. The van der Waals surface area contributed by atoms with Gasteiger partial charge in [-0.1, -0.05) is 25.4 Å². The summed E-state index contributed by atoms with van der Waals surface area (Å²) in [6.45, 7) is 4.17. The molecule has 0 heterocycles. The zero-order chi connectivity index (χ0) is 16.2. The van der Waals surface area contributed by atoms with Gasteiger partial charge in [-0.25, -0.2) is 13.4 Å². The Morgan fingerprint density at radius 1 is 1.24 bits per heavy atom. The zero-order valence-electron chi connectivity index (χ0n) is 12.6. The number of hydrogen-bond acceptors (Lipinski definition) is 4. The molecule has 0 bridgehead atoms. The van der Waals surface area contributed by atoms with Crippen LogP contribution in [-0.2, 0) is 10.0 Å². The Morgan fingerprint density at radius 2 is 1.81 bits per heavy atom. The summed E-state index contributed by atoms with van der Waals surface area (Å²) in [5, 5.41) is 1.58. The van der Waals surface area contributed by atoms with E-state index in [0.29, 0.717) is 13.1 Å². The predicted octanol–water partition coefficient (Wildman–Crippen LogP) is 1.58. The van der Waals surface area contributed by atoms with Gasteiger partial charge in [-0.05, 0) is 18.2 Å². The lowest BCUT2D eigenvalue weighted by molar-refractivity contribution is 0.0856. The van der Waals surface area contributed by atoms with E-state index in [1.807, 2.05) is 0 Å². The van der Waals surface area contributed by atoms with Crippen LogP contribution in [0.25, 0.3) is 0 Å². The topological polar surface area (TPSA) is 69.7 Å². The van der Waals surface area contributed by atoms with Gasteiger partial charge in [0.05, 0.1) is 5.02 Å². The zero-order valence-corrected chi connectivity index (χ0v) is 14.1. The smallest absolute Gasteiger partial charge is 0.265 e. The number of sulfonamides is 1. The van der Waals surface area contributed by atoms with Crippen molar-refractivity contribution in [1.82, 2.24) is 14.7 Å². The number of nitrogens with zero attached hydrogens (tertiary/aromatic N) is 2. The van der Waals surface area contributed by atoms with Crippen LogP contribution < -0.4 is 5.43 Å². The second-order valence-corrected chi connectivity index (χ2v) is 6.88. The highest BCUT2D eigenvalue weighted by atomic mass is 35.5. The van der Waals surface area contributed by atoms with Crippen molar-refractivity contribution in [2.75, 3.05) is 27.2 Å². The molecule has 1 amide bonds. The summed E-state index contributed by atoms with van der Waals surface area (Å²) in [7, 11) is -0.373. The number of benzene rings is 1. The van der Waals surface area contributed by atoms with Crippen LogP contribution in [0.3, 0.4) is 0 Å². The Hall–Kier alpha value is -1.15. The summed E-state index contributed by atoms with van der Waals surface area (Å²) >= 11 is 6.00. The normalized spacial score (nSPS) is 12.0. The maximum Gasteiger partial charge on any atom is 0.265 e. The van der Waals surface area contributed by atoms with E-state index in [4.69, 9.17) is 11.6 Å². The van der Waals surface area contributed by atoms with Crippen molar-refractivity contribution in [2.45, 2.75) is 18.7 Å². The van der Waals surface area contributed by atoms with Crippen LogP contribution in [0.4, 0.5) is 0 Å². The van der Waals surface area contributed by atoms with E-state index in [0.717, 1.165) is 0 Å². The van der Waals surface area contributed by atoms with Gasteiger partial charge in [-0.15, -0.1) is 0 Å². The molecular formula is C13H20ClN3O3S. The van der Waals surface area contributed by atoms with Crippen LogP contribution in [0.1, 0.15) is 24.2 Å². The first-order valence-corrected chi connectivity index (χ1v) is 8.33. The molecule has 1 N–H and O–H groups in total. The quantitative estimate of drug-likeness (QED) is 0.802. The van der Waals surface area contributed by atoms with Crippen molar-refractivity contribution >= 4 is 27.5 Å². The summed E-state index contributed by atoms with van der Waals surface area (Å²) in [6, 6.07) is 4.21. The fraction of sp³-hybridized carbons (Fsp3) is 0.462. The van der Waals surface area contributed by atoms with Crippen molar-refractivity contribution in [3.63, 3.8) is 0 Å². The van der Waals surface area contributed by atoms with Gasteiger partial charge in [-0.3, -0.25) is 10.2 Å².